The monoisotopic (exact) mass is 316 g/mol. The fraction of sp³-hybridized carbons (Fsp3) is 0.167. The molecule has 4 nitrogen and oxygen atoms in total. The minimum absolute atomic E-state index is 0.271. The minimum atomic E-state index is -0.478. The van der Waals surface area contributed by atoms with E-state index < -0.39 is 5.97 Å². The van der Waals surface area contributed by atoms with Gasteiger partial charge >= 0.3 is 5.97 Å². The Labute approximate surface area is 124 Å². The zero-order chi connectivity index (χ0) is 14.0. The van der Waals surface area contributed by atoms with Crippen LogP contribution in [0.1, 0.15) is 16.6 Å². The number of carbonyl (C=O) groups excluding carboxylic acids is 1. The number of rotatable bonds is 3. The van der Waals surface area contributed by atoms with Gasteiger partial charge in [0.05, 0.1) is 17.3 Å². The molecule has 0 bridgehead atoms. The quantitative estimate of drug-likeness (QED) is 0.873. The van der Waals surface area contributed by atoms with E-state index in [1.54, 1.807) is 25.1 Å². The summed E-state index contributed by atoms with van der Waals surface area (Å²) in [5.41, 5.74) is 7.30. The number of ether oxygens (including phenoxy) is 1. The molecule has 19 heavy (non-hydrogen) atoms. The first-order valence-corrected chi connectivity index (χ1v) is 6.95. The molecular weight excluding hydrogens is 307 g/mol. The van der Waals surface area contributed by atoms with Gasteiger partial charge in [-0.1, -0.05) is 23.2 Å². The summed E-state index contributed by atoms with van der Waals surface area (Å²) in [6.45, 7) is 2.01. The molecule has 0 saturated heterocycles. The standard InChI is InChI=1S/C12H10Cl2N2O2S/c1-2-18-12(17)11-9(15)10(16-19-11)7-4-3-6(13)5-8(7)14/h3-5H,2,15H2,1H3. The van der Waals surface area contributed by atoms with E-state index in [0.29, 0.717) is 21.3 Å². The Morgan fingerprint density at radius 3 is 2.84 bits per heavy atom. The third-order valence-electron chi connectivity index (χ3n) is 2.38. The number of anilines is 1. The van der Waals surface area contributed by atoms with Crippen LogP contribution >= 0.6 is 34.7 Å². The van der Waals surface area contributed by atoms with Gasteiger partial charge in [0, 0.05) is 10.6 Å². The number of halogens is 2. The van der Waals surface area contributed by atoms with Crippen molar-refractivity contribution in [1.82, 2.24) is 4.37 Å². The van der Waals surface area contributed by atoms with Gasteiger partial charge < -0.3 is 10.5 Å². The van der Waals surface area contributed by atoms with Crippen molar-refractivity contribution in [3.05, 3.63) is 33.1 Å². The molecule has 2 rings (SSSR count). The van der Waals surface area contributed by atoms with Crippen LogP contribution in [0.5, 0.6) is 0 Å². The zero-order valence-electron chi connectivity index (χ0n) is 9.94. The summed E-state index contributed by atoms with van der Waals surface area (Å²) in [5, 5.41) is 0.952. The highest BCUT2D eigenvalue weighted by Gasteiger charge is 2.20. The molecule has 1 aromatic heterocycles. The smallest absolute Gasteiger partial charge is 0.352 e. The van der Waals surface area contributed by atoms with Gasteiger partial charge in [-0.15, -0.1) is 0 Å². The molecule has 0 aliphatic rings. The van der Waals surface area contributed by atoms with Crippen molar-refractivity contribution in [2.75, 3.05) is 12.3 Å². The fourth-order valence-electron chi connectivity index (χ4n) is 1.52. The van der Waals surface area contributed by atoms with E-state index in [1.165, 1.54) is 0 Å². The number of esters is 1. The van der Waals surface area contributed by atoms with Gasteiger partial charge in [-0.25, -0.2) is 4.79 Å². The molecule has 0 fully saturated rings. The fourth-order valence-corrected chi connectivity index (χ4v) is 2.72. The molecule has 0 aliphatic carbocycles. The Hall–Kier alpha value is -1.30. The first kappa shape index (κ1) is 14.1. The van der Waals surface area contributed by atoms with Gasteiger partial charge in [0.1, 0.15) is 5.69 Å². The van der Waals surface area contributed by atoms with E-state index in [1.807, 2.05) is 0 Å². The normalized spacial score (nSPS) is 10.5. The van der Waals surface area contributed by atoms with Gasteiger partial charge in [0.25, 0.3) is 0 Å². The van der Waals surface area contributed by atoms with Crippen LogP contribution in [-0.4, -0.2) is 16.9 Å². The van der Waals surface area contributed by atoms with Crippen LogP contribution in [0.3, 0.4) is 0 Å². The highest BCUT2D eigenvalue weighted by atomic mass is 35.5. The Bertz CT molecular complexity index is 628. The second-order valence-corrected chi connectivity index (χ2v) is 5.24. The average Bonchev–Trinajstić information content (AvgIpc) is 2.72. The maximum atomic E-state index is 11.7. The Morgan fingerprint density at radius 1 is 1.47 bits per heavy atom. The summed E-state index contributed by atoms with van der Waals surface area (Å²) in [5.74, 6) is -0.478. The number of nitrogens with two attached hydrogens (primary N) is 1. The number of aromatic nitrogens is 1. The number of nitrogen functional groups attached to an aromatic ring is 1. The molecule has 7 heteroatoms. The topological polar surface area (TPSA) is 65.2 Å². The van der Waals surface area contributed by atoms with Crippen LogP contribution in [-0.2, 0) is 4.74 Å². The van der Waals surface area contributed by atoms with Gasteiger partial charge in [0.2, 0.25) is 0 Å². The van der Waals surface area contributed by atoms with Gasteiger partial charge in [0.15, 0.2) is 4.88 Å². The highest BCUT2D eigenvalue weighted by Crippen LogP contribution is 2.36. The average molecular weight is 317 g/mol. The maximum Gasteiger partial charge on any atom is 0.352 e. The van der Waals surface area contributed by atoms with Crippen molar-refractivity contribution in [3.63, 3.8) is 0 Å². The molecule has 2 aromatic rings. The Kier molecular flexibility index (Phi) is 4.29. The molecule has 1 heterocycles. The molecule has 0 aliphatic heterocycles. The minimum Gasteiger partial charge on any atom is -0.462 e. The molecule has 2 N–H and O–H groups in total. The van der Waals surface area contributed by atoms with Crippen LogP contribution < -0.4 is 5.73 Å². The molecule has 0 amide bonds. The summed E-state index contributed by atoms with van der Waals surface area (Å²) in [4.78, 5) is 11.9. The second-order valence-electron chi connectivity index (χ2n) is 3.62. The number of hydrogen-bond acceptors (Lipinski definition) is 5. The molecular formula is C12H10Cl2N2O2S. The Balaban J connectivity index is 2.44. The summed E-state index contributed by atoms with van der Waals surface area (Å²) in [7, 11) is 0. The van der Waals surface area contributed by atoms with E-state index in [2.05, 4.69) is 4.37 Å². The first-order valence-electron chi connectivity index (χ1n) is 5.42. The van der Waals surface area contributed by atoms with Gasteiger partial charge in [-0.05, 0) is 36.7 Å². The molecule has 0 spiro atoms. The predicted molar refractivity (Wildman–Crippen MR) is 77.9 cm³/mol. The third-order valence-corrected chi connectivity index (χ3v) is 3.77. The van der Waals surface area contributed by atoms with Gasteiger partial charge in [-0.3, -0.25) is 0 Å². The van der Waals surface area contributed by atoms with Crippen LogP contribution in [0, 0.1) is 0 Å². The van der Waals surface area contributed by atoms with Crippen molar-refractivity contribution in [2.24, 2.45) is 0 Å². The molecule has 1 aromatic carbocycles. The van der Waals surface area contributed by atoms with Crippen molar-refractivity contribution >= 4 is 46.4 Å². The predicted octanol–water partition coefficient (Wildman–Crippen LogP) is 3.88. The molecule has 0 radical (unpaired) electrons. The molecule has 0 atom stereocenters. The SMILES string of the molecule is CCOC(=O)c1snc(-c2ccc(Cl)cc2Cl)c1N. The number of carbonyl (C=O) groups is 1. The number of hydrogen-bond donors (Lipinski definition) is 1. The summed E-state index contributed by atoms with van der Waals surface area (Å²) in [6.07, 6.45) is 0. The lowest BCUT2D eigenvalue weighted by Crippen LogP contribution is -2.05. The van der Waals surface area contributed by atoms with E-state index >= 15 is 0 Å². The lowest BCUT2D eigenvalue weighted by Gasteiger charge is -2.03. The summed E-state index contributed by atoms with van der Waals surface area (Å²) >= 11 is 12.9. The molecule has 0 unspecified atom stereocenters. The van der Waals surface area contributed by atoms with Gasteiger partial charge in [-0.2, -0.15) is 4.37 Å². The van der Waals surface area contributed by atoms with Crippen LogP contribution in [0.2, 0.25) is 10.0 Å². The van der Waals surface area contributed by atoms with Crippen molar-refractivity contribution in [2.45, 2.75) is 6.92 Å². The maximum absolute atomic E-state index is 11.7. The largest absolute Gasteiger partial charge is 0.462 e. The van der Waals surface area contributed by atoms with E-state index in [4.69, 9.17) is 33.7 Å². The Morgan fingerprint density at radius 2 is 2.21 bits per heavy atom. The number of benzene rings is 1. The van der Waals surface area contributed by atoms with Crippen molar-refractivity contribution in [3.8, 4) is 11.3 Å². The van der Waals surface area contributed by atoms with Crippen molar-refractivity contribution < 1.29 is 9.53 Å². The molecule has 0 saturated carbocycles. The number of nitrogens with zero attached hydrogens (tertiary/aromatic N) is 1. The zero-order valence-corrected chi connectivity index (χ0v) is 12.3. The lowest BCUT2D eigenvalue weighted by molar-refractivity contribution is 0.0533. The van der Waals surface area contributed by atoms with Crippen LogP contribution in [0.15, 0.2) is 18.2 Å². The van der Waals surface area contributed by atoms with E-state index in [-0.39, 0.29) is 17.2 Å². The van der Waals surface area contributed by atoms with Crippen LogP contribution in [0.4, 0.5) is 5.69 Å². The van der Waals surface area contributed by atoms with Crippen LogP contribution in [0.25, 0.3) is 11.3 Å². The first-order chi connectivity index (χ1) is 9.04. The summed E-state index contributed by atoms with van der Waals surface area (Å²) < 4.78 is 9.07. The second kappa shape index (κ2) is 5.77. The molecule has 100 valence electrons. The van der Waals surface area contributed by atoms with Crippen molar-refractivity contribution in [1.29, 1.82) is 0 Å². The lowest BCUT2D eigenvalue weighted by atomic mass is 10.1. The van der Waals surface area contributed by atoms with E-state index in [9.17, 15) is 4.79 Å². The highest BCUT2D eigenvalue weighted by molar-refractivity contribution is 7.09. The summed E-state index contributed by atoms with van der Waals surface area (Å²) in [6, 6.07) is 5.00. The third kappa shape index (κ3) is 2.83. The van der Waals surface area contributed by atoms with E-state index in [0.717, 1.165) is 11.5 Å².